The van der Waals surface area contributed by atoms with Gasteiger partial charge in [-0.3, -0.25) is 4.79 Å². The molecule has 1 rings (SSSR count). The van der Waals surface area contributed by atoms with Gasteiger partial charge in [0.1, 0.15) is 0 Å². The van der Waals surface area contributed by atoms with Crippen LogP contribution in [0.25, 0.3) is 0 Å². The van der Waals surface area contributed by atoms with Gasteiger partial charge >= 0.3 is 0 Å². The molecule has 0 N–H and O–H groups in total. The van der Waals surface area contributed by atoms with Gasteiger partial charge < -0.3 is 4.57 Å². The fourth-order valence-electron chi connectivity index (χ4n) is 1.74. The van der Waals surface area contributed by atoms with Crippen LogP contribution < -0.4 is 5.43 Å². The minimum Gasteiger partial charge on any atom is -0.346 e. The lowest BCUT2D eigenvalue weighted by Crippen LogP contribution is -2.28. The normalized spacial score (nSPS) is 11.8. The lowest BCUT2D eigenvalue weighted by atomic mass is 10.0. The van der Waals surface area contributed by atoms with Crippen molar-refractivity contribution in [1.82, 2.24) is 4.57 Å². The van der Waals surface area contributed by atoms with E-state index in [1.54, 1.807) is 6.07 Å². The molecule has 0 unspecified atom stereocenters. The Bertz CT molecular complexity index is 382. The summed E-state index contributed by atoms with van der Waals surface area (Å²) in [6.45, 7) is 10.4. The van der Waals surface area contributed by atoms with Gasteiger partial charge in [-0.15, -0.1) is 0 Å². The highest BCUT2D eigenvalue weighted by atomic mass is 16.1. The van der Waals surface area contributed by atoms with Crippen molar-refractivity contribution in [3.63, 3.8) is 0 Å². The largest absolute Gasteiger partial charge is 0.346 e. The maximum Gasteiger partial charge on any atom is 0.184 e. The van der Waals surface area contributed by atoms with E-state index in [1.807, 2.05) is 13.1 Å². The molecule has 0 aliphatic heterocycles. The number of hydrogen-bond acceptors (Lipinski definition) is 1. The molecule has 0 spiro atoms. The minimum atomic E-state index is 0.0454. The molecule has 0 aliphatic rings. The zero-order valence-electron chi connectivity index (χ0n) is 9.72. The summed E-state index contributed by atoms with van der Waals surface area (Å²) in [6, 6.07) is 1.65. The van der Waals surface area contributed by atoms with E-state index in [9.17, 15) is 4.79 Å². The topological polar surface area (TPSA) is 22.0 Å². The molecular weight excluding hydrogens is 174 g/mol. The van der Waals surface area contributed by atoms with Crippen molar-refractivity contribution in [1.29, 1.82) is 0 Å². The third-order valence-corrected chi connectivity index (χ3v) is 2.53. The van der Waals surface area contributed by atoms with Crippen molar-refractivity contribution in [2.24, 2.45) is 0 Å². The summed E-state index contributed by atoms with van der Waals surface area (Å²) in [6.07, 6.45) is 2.80. The Morgan fingerprint density at radius 2 is 1.93 bits per heavy atom. The molecule has 0 saturated carbocycles. The van der Waals surface area contributed by atoms with Crippen molar-refractivity contribution in [3.8, 4) is 0 Å². The quantitative estimate of drug-likeness (QED) is 0.671. The summed E-state index contributed by atoms with van der Waals surface area (Å²) in [5, 5.41) is 0. The molecule has 1 aromatic heterocycles. The highest BCUT2D eigenvalue weighted by molar-refractivity contribution is 5.21. The molecule has 0 saturated heterocycles. The van der Waals surface area contributed by atoms with Crippen LogP contribution in [-0.2, 0) is 12.0 Å². The molecule has 0 aliphatic carbocycles. The van der Waals surface area contributed by atoms with Gasteiger partial charge in [-0.25, -0.2) is 0 Å². The van der Waals surface area contributed by atoms with Crippen LogP contribution in [0, 0.1) is 6.92 Å². The maximum atomic E-state index is 11.5. The molecule has 2 nitrogen and oxygen atoms in total. The lowest BCUT2D eigenvalue weighted by Gasteiger charge is -2.27. The summed E-state index contributed by atoms with van der Waals surface area (Å²) < 4.78 is 2.18. The molecule has 0 radical (unpaired) electrons. The molecule has 0 bridgehead atoms. The van der Waals surface area contributed by atoms with Gasteiger partial charge in [0.15, 0.2) is 5.43 Å². The van der Waals surface area contributed by atoms with Crippen molar-refractivity contribution in [3.05, 3.63) is 33.7 Å². The molecule has 2 heteroatoms. The van der Waals surface area contributed by atoms with E-state index in [4.69, 9.17) is 0 Å². The van der Waals surface area contributed by atoms with Crippen LogP contribution in [0.5, 0.6) is 0 Å². The molecule has 1 aromatic rings. The Labute approximate surface area is 85.6 Å². The van der Waals surface area contributed by atoms with Gasteiger partial charge in [0.05, 0.1) is 0 Å². The van der Waals surface area contributed by atoms with Crippen molar-refractivity contribution < 1.29 is 0 Å². The van der Waals surface area contributed by atoms with E-state index in [1.165, 1.54) is 0 Å². The van der Waals surface area contributed by atoms with Gasteiger partial charge in [-0.2, -0.15) is 0 Å². The first kappa shape index (κ1) is 11.0. The van der Waals surface area contributed by atoms with Crippen LogP contribution in [-0.4, -0.2) is 4.57 Å². The Morgan fingerprint density at radius 3 is 2.36 bits per heavy atom. The zero-order chi connectivity index (χ0) is 10.9. The summed E-state index contributed by atoms with van der Waals surface area (Å²) in [5.41, 5.74) is 2.21. The Balaban J connectivity index is 3.47. The minimum absolute atomic E-state index is 0.0454. The molecule has 0 fully saturated rings. The Kier molecular flexibility index (Phi) is 2.84. The second-order valence-electron chi connectivity index (χ2n) is 4.65. The zero-order valence-corrected chi connectivity index (χ0v) is 9.72. The molecular formula is C12H19NO. The number of rotatable bonds is 1. The summed E-state index contributed by atoms with van der Waals surface area (Å²) >= 11 is 0. The lowest BCUT2D eigenvalue weighted by molar-refractivity contribution is 0.380. The third-order valence-electron chi connectivity index (χ3n) is 2.53. The van der Waals surface area contributed by atoms with E-state index in [2.05, 4.69) is 32.3 Å². The second kappa shape index (κ2) is 3.60. The van der Waals surface area contributed by atoms with Gasteiger partial charge in [0, 0.05) is 29.1 Å². The Hall–Kier alpha value is -1.05. The van der Waals surface area contributed by atoms with E-state index in [0.717, 1.165) is 17.7 Å². The highest BCUT2D eigenvalue weighted by Gasteiger charge is 2.16. The standard InChI is InChI=1S/C12H19NO/c1-6-10-9(2)11(14)7-8-13(10)12(3,4)5/h7-8H,6H2,1-5H3. The van der Waals surface area contributed by atoms with Gasteiger partial charge in [-0.1, -0.05) is 6.92 Å². The van der Waals surface area contributed by atoms with Crippen LogP contribution in [0.3, 0.4) is 0 Å². The second-order valence-corrected chi connectivity index (χ2v) is 4.65. The predicted octanol–water partition coefficient (Wildman–Crippen LogP) is 2.47. The molecule has 0 aromatic carbocycles. The fourth-order valence-corrected chi connectivity index (χ4v) is 1.74. The first-order valence-corrected chi connectivity index (χ1v) is 5.09. The smallest absolute Gasteiger partial charge is 0.184 e. The Morgan fingerprint density at radius 1 is 1.36 bits per heavy atom. The molecule has 78 valence electrons. The van der Waals surface area contributed by atoms with Crippen molar-refractivity contribution in [2.75, 3.05) is 0 Å². The fraction of sp³-hybridized carbons (Fsp3) is 0.583. The monoisotopic (exact) mass is 193 g/mol. The van der Waals surface area contributed by atoms with Crippen molar-refractivity contribution >= 4 is 0 Å². The van der Waals surface area contributed by atoms with E-state index >= 15 is 0 Å². The van der Waals surface area contributed by atoms with E-state index in [0.29, 0.717) is 0 Å². The number of aromatic nitrogens is 1. The average molecular weight is 193 g/mol. The molecule has 14 heavy (non-hydrogen) atoms. The first-order valence-electron chi connectivity index (χ1n) is 5.09. The SMILES string of the molecule is CCc1c(C)c(=O)ccn1C(C)(C)C. The highest BCUT2D eigenvalue weighted by Crippen LogP contribution is 2.17. The van der Waals surface area contributed by atoms with Crippen LogP contribution >= 0.6 is 0 Å². The maximum absolute atomic E-state index is 11.5. The van der Waals surface area contributed by atoms with Gasteiger partial charge in [0.25, 0.3) is 0 Å². The van der Waals surface area contributed by atoms with E-state index < -0.39 is 0 Å². The number of pyridine rings is 1. The molecule has 0 amide bonds. The molecule has 1 heterocycles. The van der Waals surface area contributed by atoms with Crippen LogP contribution in [0.1, 0.15) is 39.0 Å². The van der Waals surface area contributed by atoms with Crippen LogP contribution in [0.15, 0.2) is 17.1 Å². The predicted molar refractivity (Wildman–Crippen MR) is 59.8 cm³/mol. The molecule has 0 atom stereocenters. The van der Waals surface area contributed by atoms with Gasteiger partial charge in [0.2, 0.25) is 0 Å². The van der Waals surface area contributed by atoms with Crippen molar-refractivity contribution in [2.45, 2.75) is 46.6 Å². The summed E-state index contributed by atoms with van der Waals surface area (Å²) in [4.78, 5) is 11.5. The average Bonchev–Trinajstić information content (AvgIpc) is 2.07. The third kappa shape index (κ3) is 1.89. The summed E-state index contributed by atoms with van der Waals surface area (Å²) in [7, 11) is 0. The van der Waals surface area contributed by atoms with Crippen LogP contribution in [0.2, 0.25) is 0 Å². The summed E-state index contributed by atoms with van der Waals surface area (Å²) in [5.74, 6) is 0. The number of nitrogens with zero attached hydrogens (tertiary/aromatic N) is 1. The van der Waals surface area contributed by atoms with E-state index in [-0.39, 0.29) is 11.0 Å². The first-order chi connectivity index (χ1) is 6.38. The van der Waals surface area contributed by atoms with Crippen LogP contribution in [0.4, 0.5) is 0 Å². The van der Waals surface area contributed by atoms with Gasteiger partial charge in [-0.05, 0) is 34.1 Å². The number of hydrogen-bond donors (Lipinski definition) is 0.